The van der Waals surface area contributed by atoms with Gasteiger partial charge in [0.25, 0.3) is 0 Å². The van der Waals surface area contributed by atoms with Crippen molar-refractivity contribution in [3.05, 3.63) is 11.6 Å². The molecule has 0 unspecified atom stereocenters. The molecule has 0 saturated heterocycles. The largest absolute Gasteiger partial charge is 0.390 e. The molecule has 0 aromatic heterocycles. The SMILES string of the molecule is C[C@]12CCC(=O)C=C1[C@H](O)C[C@H]1[C@H]3CC[C@](C)(O)[C@@]3(C)CC[C@@H]12. The van der Waals surface area contributed by atoms with Crippen molar-refractivity contribution < 1.29 is 15.0 Å². The third-order valence-corrected chi connectivity index (χ3v) is 8.54. The summed E-state index contributed by atoms with van der Waals surface area (Å²) in [6.07, 6.45) is 7.70. The molecule has 7 atom stereocenters. The Morgan fingerprint density at radius 1 is 1.09 bits per heavy atom. The van der Waals surface area contributed by atoms with E-state index >= 15 is 0 Å². The number of ketones is 1. The summed E-state index contributed by atoms with van der Waals surface area (Å²) in [5.74, 6) is 1.71. The van der Waals surface area contributed by atoms with Crippen molar-refractivity contribution in [3.8, 4) is 0 Å². The first kappa shape index (κ1) is 15.8. The second kappa shape index (κ2) is 4.70. The maximum Gasteiger partial charge on any atom is 0.155 e. The third kappa shape index (κ3) is 1.93. The van der Waals surface area contributed by atoms with Gasteiger partial charge in [-0.15, -0.1) is 0 Å². The third-order valence-electron chi connectivity index (χ3n) is 8.54. The number of carbonyl (C=O) groups excluding carboxylic acids is 1. The quantitative estimate of drug-likeness (QED) is 0.721. The summed E-state index contributed by atoms with van der Waals surface area (Å²) in [7, 11) is 0. The van der Waals surface area contributed by atoms with Crippen molar-refractivity contribution in [2.45, 2.75) is 77.4 Å². The minimum Gasteiger partial charge on any atom is -0.390 e. The Hall–Kier alpha value is -0.670. The highest BCUT2D eigenvalue weighted by Gasteiger charge is 2.63. The first-order chi connectivity index (χ1) is 10.7. The van der Waals surface area contributed by atoms with Crippen LogP contribution >= 0.6 is 0 Å². The van der Waals surface area contributed by atoms with E-state index < -0.39 is 11.7 Å². The van der Waals surface area contributed by atoms with E-state index in [1.54, 1.807) is 6.08 Å². The van der Waals surface area contributed by atoms with Crippen LogP contribution in [0.2, 0.25) is 0 Å². The van der Waals surface area contributed by atoms with Crippen LogP contribution < -0.4 is 0 Å². The predicted octanol–water partition coefficient (Wildman–Crippen LogP) is 3.24. The van der Waals surface area contributed by atoms with E-state index in [-0.39, 0.29) is 16.6 Å². The van der Waals surface area contributed by atoms with Crippen LogP contribution in [0.5, 0.6) is 0 Å². The molecular formula is C20H30O3. The van der Waals surface area contributed by atoms with Crippen molar-refractivity contribution >= 4 is 5.78 Å². The summed E-state index contributed by atoms with van der Waals surface area (Å²) in [4.78, 5) is 11.9. The van der Waals surface area contributed by atoms with E-state index in [2.05, 4.69) is 13.8 Å². The van der Waals surface area contributed by atoms with Gasteiger partial charge in [0.15, 0.2) is 5.78 Å². The van der Waals surface area contributed by atoms with Crippen LogP contribution in [0, 0.1) is 28.6 Å². The van der Waals surface area contributed by atoms with Gasteiger partial charge in [-0.2, -0.15) is 0 Å². The minimum absolute atomic E-state index is 0.0179. The Balaban J connectivity index is 1.74. The molecule has 4 rings (SSSR count). The number of fused-ring (bicyclic) bond motifs is 5. The molecule has 0 heterocycles. The summed E-state index contributed by atoms with van der Waals surface area (Å²) in [6.45, 7) is 6.56. The van der Waals surface area contributed by atoms with Gasteiger partial charge in [-0.1, -0.05) is 13.8 Å². The van der Waals surface area contributed by atoms with Crippen molar-refractivity contribution in [2.24, 2.45) is 28.6 Å². The van der Waals surface area contributed by atoms with Crippen molar-refractivity contribution in [1.82, 2.24) is 0 Å². The van der Waals surface area contributed by atoms with E-state index in [4.69, 9.17) is 0 Å². The van der Waals surface area contributed by atoms with E-state index in [1.807, 2.05) is 6.92 Å². The lowest BCUT2D eigenvalue weighted by atomic mass is 9.46. The normalized spacial score (nSPS) is 55.7. The standard InChI is InChI=1S/C20H30O3/c1-18-7-4-12(21)10-16(18)17(22)11-13-14(18)5-8-19(2)15(13)6-9-20(19,3)23/h10,13-15,17,22-23H,4-9,11H2,1-3H3/t13-,14+,15-,17-,18-,19+,20+/m1/s1. The van der Waals surface area contributed by atoms with E-state index in [0.717, 1.165) is 44.1 Å². The average Bonchev–Trinajstić information content (AvgIpc) is 2.72. The molecule has 128 valence electrons. The van der Waals surface area contributed by atoms with E-state index in [1.165, 1.54) is 0 Å². The smallest absolute Gasteiger partial charge is 0.155 e. The molecule has 0 amide bonds. The van der Waals surface area contributed by atoms with Gasteiger partial charge in [-0.05, 0) is 85.7 Å². The molecular weight excluding hydrogens is 288 g/mol. The first-order valence-corrected chi connectivity index (χ1v) is 9.34. The van der Waals surface area contributed by atoms with Crippen LogP contribution in [0.1, 0.15) is 65.7 Å². The number of rotatable bonds is 0. The van der Waals surface area contributed by atoms with Crippen LogP contribution in [0.25, 0.3) is 0 Å². The van der Waals surface area contributed by atoms with Crippen molar-refractivity contribution in [1.29, 1.82) is 0 Å². The summed E-state index contributed by atoms with van der Waals surface area (Å²) < 4.78 is 0. The monoisotopic (exact) mass is 318 g/mol. The van der Waals surface area contributed by atoms with Crippen molar-refractivity contribution in [2.75, 3.05) is 0 Å². The second-order valence-corrected chi connectivity index (χ2v) is 9.38. The van der Waals surface area contributed by atoms with Crippen LogP contribution in [0.15, 0.2) is 11.6 Å². The molecule has 3 nitrogen and oxygen atoms in total. The Labute approximate surface area is 139 Å². The highest BCUT2D eigenvalue weighted by atomic mass is 16.3. The number of hydrogen-bond acceptors (Lipinski definition) is 3. The van der Waals surface area contributed by atoms with Gasteiger partial charge in [-0.25, -0.2) is 0 Å². The number of carbonyl (C=O) groups is 1. The van der Waals surface area contributed by atoms with Gasteiger partial charge in [0.2, 0.25) is 0 Å². The Morgan fingerprint density at radius 2 is 1.78 bits per heavy atom. The highest BCUT2D eigenvalue weighted by Crippen LogP contribution is 2.67. The number of hydrogen-bond donors (Lipinski definition) is 2. The molecule has 2 N–H and O–H groups in total. The van der Waals surface area contributed by atoms with Crippen LogP contribution in [-0.2, 0) is 4.79 Å². The molecule has 4 aliphatic carbocycles. The molecule has 3 saturated carbocycles. The van der Waals surface area contributed by atoms with Crippen molar-refractivity contribution in [3.63, 3.8) is 0 Å². The lowest BCUT2D eigenvalue weighted by molar-refractivity contribution is -0.132. The van der Waals surface area contributed by atoms with Gasteiger partial charge in [-0.3, -0.25) is 4.79 Å². The summed E-state index contributed by atoms with van der Waals surface area (Å²) in [5, 5.41) is 21.7. The summed E-state index contributed by atoms with van der Waals surface area (Å²) in [5.41, 5.74) is 0.387. The molecule has 0 bridgehead atoms. The molecule has 3 fully saturated rings. The zero-order valence-corrected chi connectivity index (χ0v) is 14.6. The van der Waals surface area contributed by atoms with E-state index in [0.29, 0.717) is 24.2 Å². The fourth-order valence-electron chi connectivity index (χ4n) is 6.85. The second-order valence-electron chi connectivity index (χ2n) is 9.38. The molecule has 0 aliphatic heterocycles. The fourth-order valence-corrected chi connectivity index (χ4v) is 6.85. The lowest BCUT2D eigenvalue weighted by Gasteiger charge is -2.59. The number of aliphatic hydroxyl groups excluding tert-OH is 1. The molecule has 0 radical (unpaired) electrons. The molecule has 0 spiro atoms. The zero-order valence-electron chi connectivity index (χ0n) is 14.6. The minimum atomic E-state index is -0.576. The van der Waals surface area contributed by atoms with Gasteiger partial charge in [0.1, 0.15) is 0 Å². The maximum atomic E-state index is 11.9. The van der Waals surface area contributed by atoms with Gasteiger partial charge >= 0.3 is 0 Å². The topological polar surface area (TPSA) is 57.5 Å². The maximum absolute atomic E-state index is 11.9. The van der Waals surface area contributed by atoms with Gasteiger partial charge < -0.3 is 10.2 Å². The first-order valence-electron chi connectivity index (χ1n) is 9.34. The molecule has 3 heteroatoms. The van der Waals surface area contributed by atoms with Gasteiger partial charge in [0, 0.05) is 6.42 Å². The predicted molar refractivity (Wildman–Crippen MR) is 88.7 cm³/mol. The molecule has 23 heavy (non-hydrogen) atoms. The van der Waals surface area contributed by atoms with Gasteiger partial charge in [0.05, 0.1) is 11.7 Å². The molecule has 0 aromatic rings. The van der Waals surface area contributed by atoms with E-state index in [9.17, 15) is 15.0 Å². The van der Waals surface area contributed by atoms with Crippen LogP contribution in [0.3, 0.4) is 0 Å². The highest BCUT2D eigenvalue weighted by molar-refractivity contribution is 5.91. The fraction of sp³-hybridized carbons (Fsp3) is 0.850. The Morgan fingerprint density at radius 3 is 2.52 bits per heavy atom. The van der Waals surface area contributed by atoms with Crippen LogP contribution in [-0.4, -0.2) is 27.7 Å². The molecule has 4 aliphatic rings. The summed E-state index contributed by atoms with van der Waals surface area (Å²) >= 11 is 0. The Bertz CT molecular complexity index is 577. The Kier molecular flexibility index (Phi) is 3.23. The summed E-state index contributed by atoms with van der Waals surface area (Å²) in [6, 6.07) is 0. The zero-order chi connectivity index (χ0) is 16.6. The molecule has 0 aromatic carbocycles. The number of aliphatic hydroxyl groups is 2. The lowest BCUT2D eigenvalue weighted by Crippen LogP contribution is -2.56. The average molecular weight is 318 g/mol. The van der Waals surface area contributed by atoms with Crippen LogP contribution in [0.4, 0.5) is 0 Å².